The number of carboxylic acids is 1. The number of carboxylic acid groups (broad SMARTS) is 1. The fourth-order valence-electron chi connectivity index (χ4n) is 1.05. The van der Waals surface area contributed by atoms with Gasteiger partial charge in [-0.1, -0.05) is 0 Å². The van der Waals surface area contributed by atoms with E-state index in [9.17, 15) is 9.59 Å². The molecule has 0 aliphatic heterocycles. The van der Waals surface area contributed by atoms with Crippen molar-refractivity contribution in [3.05, 3.63) is 11.1 Å². The summed E-state index contributed by atoms with van der Waals surface area (Å²) in [5.41, 5.74) is 0.223. The zero-order chi connectivity index (χ0) is 12.9. The summed E-state index contributed by atoms with van der Waals surface area (Å²) in [4.78, 5) is 23.9. The zero-order valence-electron chi connectivity index (χ0n) is 9.94. The highest BCUT2D eigenvalue weighted by molar-refractivity contribution is 6.01. The van der Waals surface area contributed by atoms with Gasteiger partial charge < -0.3 is 10.0 Å². The van der Waals surface area contributed by atoms with Crippen molar-refractivity contribution in [3.8, 4) is 6.07 Å². The van der Waals surface area contributed by atoms with E-state index < -0.39 is 5.97 Å². The number of amides is 1. The van der Waals surface area contributed by atoms with Crippen LogP contribution in [0.5, 0.6) is 0 Å². The number of hydrogen-bond acceptors (Lipinski definition) is 3. The molecule has 0 radical (unpaired) electrons. The zero-order valence-corrected chi connectivity index (χ0v) is 9.94. The molecular weight excluding hydrogens is 208 g/mol. The third kappa shape index (κ3) is 3.39. The quantitative estimate of drug-likeness (QED) is 0.727. The van der Waals surface area contributed by atoms with Crippen LogP contribution in [-0.4, -0.2) is 35.0 Å². The molecule has 1 atom stereocenters. The van der Waals surface area contributed by atoms with Gasteiger partial charge in [-0.3, -0.25) is 4.79 Å². The first-order valence-electron chi connectivity index (χ1n) is 4.87. The summed E-state index contributed by atoms with van der Waals surface area (Å²) in [5, 5.41) is 17.3. The molecule has 5 nitrogen and oxygen atoms in total. The van der Waals surface area contributed by atoms with E-state index in [1.807, 2.05) is 6.07 Å². The number of nitrogens with zero attached hydrogens (tertiary/aromatic N) is 2. The number of carbonyl (C=O) groups is 2. The summed E-state index contributed by atoms with van der Waals surface area (Å²) in [5.74, 6) is -1.46. The number of rotatable bonds is 4. The van der Waals surface area contributed by atoms with Gasteiger partial charge in [-0.15, -0.1) is 0 Å². The summed E-state index contributed by atoms with van der Waals surface area (Å²) in [6, 6.07) is 1.74. The summed E-state index contributed by atoms with van der Waals surface area (Å²) in [6.45, 7) is 4.60. The molecule has 5 heteroatoms. The molecule has 0 fully saturated rings. The summed E-state index contributed by atoms with van der Waals surface area (Å²) < 4.78 is 0. The van der Waals surface area contributed by atoms with E-state index in [1.165, 1.54) is 18.7 Å². The summed E-state index contributed by atoms with van der Waals surface area (Å²) >= 11 is 0. The summed E-state index contributed by atoms with van der Waals surface area (Å²) in [6.07, 6.45) is 0.224. The van der Waals surface area contributed by atoms with Gasteiger partial charge in [-0.05, 0) is 20.8 Å². The minimum atomic E-state index is -1.10. The van der Waals surface area contributed by atoms with Crippen LogP contribution in [0.2, 0.25) is 0 Å². The van der Waals surface area contributed by atoms with E-state index in [2.05, 4.69) is 0 Å². The lowest BCUT2D eigenvalue weighted by molar-refractivity contribution is -0.134. The minimum absolute atomic E-state index is 0.0287. The number of likely N-dealkylation sites (N-methyl/N-ethyl adjacent to an activating group) is 1. The molecule has 0 aromatic carbocycles. The molecule has 1 N–H and O–H groups in total. The van der Waals surface area contributed by atoms with Gasteiger partial charge >= 0.3 is 5.97 Å². The van der Waals surface area contributed by atoms with Crippen LogP contribution in [0.3, 0.4) is 0 Å². The van der Waals surface area contributed by atoms with Crippen LogP contribution in [0.25, 0.3) is 0 Å². The average Bonchev–Trinajstić information content (AvgIpc) is 2.25. The predicted molar refractivity (Wildman–Crippen MR) is 58.5 cm³/mol. The van der Waals surface area contributed by atoms with Crippen molar-refractivity contribution in [3.63, 3.8) is 0 Å². The molecule has 0 rings (SSSR count). The second-order valence-electron chi connectivity index (χ2n) is 3.68. The van der Waals surface area contributed by atoms with E-state index >= 15 is 0 Å². The van der Waals surface area contributed by atoms with E-state index in [-0.39, 0.29) is 29.5 Å². The van der Waals surface area contributed by atoms with Gasteiger partial charge in [0.15, 0.2) is 0 Å². The maximum atomic E-state index is 11.8. The van der Waals surface area contributed by atoms with Crippen LogP contribution in [0.15, 0.2) is 11.1 Å². The molecule has 0 saturated heterocycles. The highest BCUT2D eigenvalue weighted by Crippen LogP contribution is 2.10. The normalized spacial score (nSPS) is 13.4. The van der Waals surface area contributed by atoms with Crippen molar-refractivity contribution in [2.75, 3.05) is 7.05 Å². The minimum Gasteiger partial charge on any atom is -0.478 e. The molecule has 0 heterocycles. The largest absolute Gasteiger partial charge is 0.478 e. The second-order valence-corrected chi connectivity index (χ2v) is 3.68. The lowest BCUT2D eigenvalue weighted by atomic mass is 10.1. The van der Waals surface area contributed by atoms with Crippen molar-refractivity contribution < 1.29 is 14.7 Å². The molecule has 1 unspecified atom stereocenters. The fraction of sp³-hybridized carbons (Fsp3) is 0.545. The first kappa shape index (κ1) is 14.2. The van der Waals surface area contributed by atoms with E-state index in [4.69, 9.17) is 10.4 Å². The maximum Gasteiger partial charge on any atom is 0.331 e. The van der Waals surface area contributed by atoms with Gasteiger partial charge in [0.05, 0.1) is 12.5 Å². The van der Waals surface area contributed by atoms with Gasteiger partial charge in [-0.2, -0.15) is 5.26 Å². The van der Waals surface area contributed by atoms with E-state index in [0.29, 0.717) is 0 Å². The van der Waals surface area contributed by atoms with Gasteiger partial charge in [0.1, 0.15) is 0 Å². The van der Waals surface area contributed by atoms with Gasteiger partial charge in [0, 0.05) is 24.2 Å². The maximum absolute atomic E-state index is 11.8. The highest BCUT2D eigenvalue weighted by Gasteiger charge is 2.20. The van der Waals surface area contributed by atoms with Crippen LogP contribution in [-0.2, 0) is 9.59 Å². The predicted octanol–water partition coefficient (Wildman–Crippen LogP) is 1.17. The van der Waals surface area contributed by atoms with Gasteiger partial charge in [0.25, 0.3) is 0 Å². The lowest BCUT2D eigenvalue weighted by Gasteiger charge is -2.23. The van der Waals surface area contributed by atoms with E-state index in [1.54, 1.807) is 14.0 Å². The Morgan fingerprint density at radius 3 is 2.25 bits per heavy atom. The first-order valence-corrected chi connectivity index (χ1v) is 4.87. The number of hydrogen-bond donors (Lipinski definition) is 1. The Labute approximate surface area is 95.0 Å². The highest BCUT2D eigenvalue weighted by atomic mass is 16.4. The summed E-state index contributed by atoms with van der Waals surface area (Å²) in [7, 11) is 1.56. The molecule has 88 valence electrons. The molecule has 0 aromatic rings. The Hall–Kier alpha value is -1.83. The Bertz CT molecular complexity index is 366. The van der Waals surface area contributed by atoms with Crippen molar-refractivity contribution >= 4 is 11.9 Å². The molecule has 0 aliphatic carbocycles. The molecule has 0 spiro atoms. The van der Waals surface area contributed by atoms with Crippen LogP contribution in [0, 0.1) is 11.3 Å². The Morgan fingerprint density at radius 2 is 1.88 bits per heavy atom. The Morgan fingerprint density at radius 1 is 1.38 bits per heavy atom. The fourth-order valence-corrected chi connectivity index (χ4v) is 1.05. The first-order chi connectivity index (χ1) is 7.32. The van der Waals surface area contributed by atoms with Crippen molar-refractivity contribution in [2.24, 2.45) is 0 Å². The molecule has 1 amide bonds. The number of nitriles is 1. The molecule has 16 heavy (non-hydrogen) atoms. The van der Waals surface area contributed by atoms with Crippen molar-refractivity contribution in [1.29, 1.82) is 5.26 Å². The monoisotopic (exact) mass is 224 g/mol. The SMILES string of the molecule is CC(C(=O)O)=C(C)C(=O)N(C)C(C)CC#N. The van der Waals surface area contributed by atoms with Crippen molar-refractivity contribution in [2.45, 2.75) is 33.2 Å². The third-order valence-electron chi connectivity index (χ3n) is 2.57. The smallest absolute Gasteiger partial charge is 0.331 e. The third-order valence-corrected chi connectivity index (χ3v) is 2.57. The number of aliphatic carboxylic acids is 1. The number of carbonyl (C=O) groups excluding carboxylic acids is 1. The van der Waals surface area contributed by atoms with Crippen LogP contribution in [0.1, 0.15) is 27.2 Å². The molecule has 0 aliphatic rings. The van der Waals surface area contributed by atoms with Gasteiger partial charge in [-0.25, -0.2) is 4.79 Å². The van der Waals surface area contributed by atoms with E-state index in [0.717, 1.165) is 0 Å². The Balaban J connectivity index is 4.89. The second kappa shape index (κ2) is 5.91. The average molecular weight is 224 g/mol. The standard InChI is InChI=1S/C11H16N2O3/c1-7(5-6-12)13(4)10(14)8(2)9(3)11(15)16/h7H,5H2,1-4H3,(H,15,16). The van der Waals surface area contributed by atoms with Crippen LogP contribution in [0.4, 0.5) is 0 Å². The van der Waals surface area contributed by atoms with Crippen molar-refractivity contribution in [1.82, 2.24) is 4.90 Å². The van der Waals surface area contributed by atoms with Crippen LogP contribution >= 0.6 is 0 Å². The molecule has 0 saturated carbocycles. The lowest BCUT2D eigenvalue weighted by Crippen LogP contribution is -2.36. The molecule has 0 bridgehead atoms. The van der Waals surface area contributed by atoms with Crippen LogP contribution < -0.4 is 0 Å². The Kier molecular flexibility index (Phi) is 5.23. The molecular formula is C11H16N2O3. The topological polar surface area (TPSA) is 81.4 Å². The molecule has 0 aromatic heterocycles. The van der Waals surface area contributed by atoms with Gasteiger partial charge in [0.2, 0.25) is 5.91 Å².